The summed E-state index contributed by atoms with van der Waals surface area (Å²) < 4.78 is 5.06. The summed E-state index contributed by atoms with van der Waals surface area (Å²) in [6.45, 7) is 1.59. The number of hydrogen-bond donors (Lipinski definition) is 2. The lowest BCUT2D eigenvalue weighted by Crippen LogP contribution is -2.26. The van der Waals surface area contributed by atoms with Gasteiger partial charge in [0.2, 0.25) is 5.82 Å². The Morgan fingerprint density at radius 2 is 2.40 bits per heavy atom. The zero-order valence-corrected chi connectivity index (χ0v) is 9.11. The van der Waals surface area contributed by atoms with E-state index in [1.807, 2.05) is 0 Å². The first-order chi connectivity index (χ1) is 7.22. The van der Waals surface area contributed by atoms with E-state index in [4.69, 9.17) is 12.2 Å². The predicted molar refractivity (Wildman–Crippen MR) is 56.2 cm³/mol. The van der Waals surface area contributed by atoms with Crippen molar-refractivity contribution in [1.29, 1.82) is 0 Å². The van der Waals surface area contributed by atoms with Gasteiger partial charge < -0.3 is 15.0 Å². The number of H-pyrrole nitrogens is 1. The number of fused-ring (bicyclic) bond motifs is 1. The molecular formula is C9H11N3O2S. The average molecular weight is 225 g/mol. The van der Waals surface area contributed by atoms with Gasteiger partial charge in [-0.1, -0.05) is 12.2 Å². The smallest absolute Gasteiger partial charge is 0.374 e. The summed E-state index contributed by atoms with van der Waals surface area (Å²) in [7, 11) is 1.32. The Balaban J connectivity index is 2.50. The van der Waals surface area contributed by atoms with Crippen LogP contribution in [0.3, 0.4) is 0 Å². The van der Waals surface area contributed by atoms with Crippen molar-refractivity contribution < 1.29 is 9.53 Å². The molecule has 0 unspecified atom stereocenters. The molecule has 6 heteroatoms. The summed E-state index contributed by atoms with van der Waals surface area (Å²) in [6.07, 6.45) is 0.825. The fourth-order valence-electron chi connectivity index (χ4n) is 1.56. The third-order valence-corrected chi connectivity index (χ3v) is 2.68. The number of rotatable bonds is 1. The third-order valence-electron chi connectivity index (χ3n) is 2.34. The number of ether oxygens (including phenoxy) is 1. The molecule has 1 aromatic rings. The van der Waals surface area contributed by atoms with Crippen molar-refractivity contribution >= 4 is 18.2 Å². The van der Waals surface area contributed by atoms with Crippen molar-refractivity contribution in [3.05, 3.63) is 21.7 Å². The topological polar surface area (TPSA) is 67.0 Å². The molecule has 2 rings (SSSR count). The summed E-state index contributed by atoms with van der Waals surface area (Å²) in [5, 5.41) is 3.20. The van der Waals surface area contributed by atoms with Gasteiger partial charge >= 0.3 is 5.97 Å². The van der Waals surface area contributed by atoms with Gasteiger partial charge in [0, 0.05) is 30.8 Å². The molecule has 0 radical (unpaired) electrons. The number of carbonyl (C=O) groups excluding carboxylic acids is 1. The highest BCUT2D eigenvalue weighted by molar-refractivity contribution is 7.71. The van der Waals surface area contributed by atoms with E-state index >= 15 is 0 Å². The quantitative estimate of drug-likeness (QED) is 0.540. The average Bonchev–Trinajstić information content (AvgIpc) is 2.28. The minimum atomic E-state index is -0.484. The van der Waals surface area contributed by atoms with Crippen molar-refractivity contribution in [2.24, 2.45) is 0 Å². The molecule has 0 saturated carbocycles. The molecule has 0 saturated heterocycles. The second-order valence-electron chi connectivity index (χ2n) is 3.27. The molecule has 2 N–H and O–H groups in total. The molecule has 80 valence electrons. The SMILES string of the molecule is COC(=O)c1nc(=S)c2c([nH]1)CCNC2. The summed E-state index contributed by atoms with van der Waals surface area (Å²) in [6, 6.07) is 0. The Kier molecular flexibility index (Phi) is 2.79. The molecule has 0 fully saturated rings. The number of methoxy groups -OCH3 is 1. The van der Waals surface area contributed by atoms with Crippen LogP contribution < -0.4 is 5.32 Å². The lowest BCUT2D eigenvalue weighted by Gasteiger charge is -2.16. The van der Waals surface area contributed by atoms with Crippen molar-refractivity contribution in [2.45, 2.75) is 13.0 Å². The van der Waals surface area contributed by atoms with Crippen LogP contribution >= 0.6 is 12.2 Å². The molecule has 1 aromatic heterocycles. The monoisotopic (exact) mass is 225 g/mol. The van der Waals surface area contributed by atoms with Gasteiger partial charge in [-0.3, -0.25) is 0 Å². The van der Waals surface area contributed by atoms with Crippen LogP contribution in [0.4, 0.5) is 0 Å². The molecule has 0 aliphatic carbocycles. The first-order valence-electron chi connectivity index (χ1n) is 4.63. The number of aromatic nitrogens is 2. The number of hydrogen-bond acceptors (Lipinski definition) is 5. The van der Waals surface area contributed by atoms with Crippen LogP contribution in [0.1, 0.15) is 21.9 Å². The van der Waals surface area contributed by atoms with Crippen LogP contribution in [0.15, 0.2) is 0 Å². The van der Waals surface area contributed by atoms with Crippen LogP contribution in [0.5, 0.6) is 0 Å². The van der Waals surface area contributed by atoms with E-state index in [9.17, 15) is 4.79 Å². The Labute approximate surface area is 91.9 Å². The van der Waals surface area contributed by atoms with Gasteiger partial charge in [0.15, 0.2) is 0 Å². The van der Waals surface area contributed by atoms with Crippen LogP contribution in [0.2, 0.25) is 0 Å². The van der Waals surface area contributed by atoms with Gasteiger partial charge in [0.1, 0.15) is 4.64 Å². The molecular weight excluding hydrogens is 214 g/mol. The van der Waals surface area contributed by atoms with Crippen molar-refractivity contribution in [1.82, 2.24) is 15.3 Å². The highest BCUT2D eigenvalue weighted by Crippen LogP contribution is 2.12. The maximum Gasteiger partial charge on any atom is 0.374 e. The van der Waals surface area contributed by atoms with Crippen LogP contribution in [0, 0.1) is 4.64 Å². The van der Waals surface area contributed by atoms with Gasteiger partial charge in [-0.2, -0.15) is 0 Å². The Morgan fingerprint density at radius 1 is 1.60 bits per heavy atom. The van der Waals surface area contributed by atoms with Gasteiger partial charge in [0.05, 0.1) is 7.11 Å². The fourth-order valence-corrected chi connectivity index (χ4v) is 1.85. The third kappa shape index (κ3) is 1.91. The van der Waals surface area contributed by atoms with Gasteiger partial charge in [-0.15, -0.1) is 0 Å². The largest absolute Gasteiger partial charge is 0.463 e. The van der Waals surface area contributed by atoms with Crippen molar-refractivity contribution in [3.8, 4) is 0 Å². The number of nitrogens with zero attached hydrogens (tertiary/aromatic N) is 1. The first kappa shape index (κ1) is 10.3. The maximum absolute atomic E-state index is 11.3. The van der Waals surface area contributed by atoms with Crippen LogP contribution in [-0.4, -0.2) is 29.6 Å². The van der Waals surface area contributed by atoms with E-state index in [0.29, 0.717) is 11.2 Å². The Hall–Kier alpha value is -1.27. The lowest BCUT2D eigenvalue weighted by atomic mass is 10.1. The fraction of sp³-hybridized carbons (Fsp3) is 0.444. The van der Waals surface area contributed by atoms with Gasteiger partial charge in [-0.05, 0) is 0 Å². The molecule has 5 nitrogen and oxygen atoms in total. The number of aromatic amines is 1. The van der Waals surface area contributed by atoms with Crippen molar-refractivity contribution in [3.63, 3.8) is 0 Å². The van der Waals surface area contributed by atoms with Crippen LogP contribution in [0.25, 0.3) is 0 Å². The second kappa shape index (κ2) is 4.08. The van der Waals surface area contributed by atoms with E-state index in [0.717, 1.165) is 24.2 Å². The highest BCUT2D eigenvalue weighted by Gasteiger charge is 2.16. The summed E-state index contributed by atoms with van der Waals surface area (Å²) in [5.41, 5.74) is 1.96. The molecule has 2 heterocycles. The number of carbonyl (C=O) groups is 1. The zero-order chi connectivity index (χ0) is 10.8. The minimum absolute atomic E-state index is 0.183. The van der Waals surface area contributed by atoms with E-state index < -0.39 is 5.97 Å². The minimum Gasteiger partial charge on any atom is -0.463 e. The number of esters is 1. The molecule has 0 atom stereocenters. The first-order valence-corrected chi connectivity index (χ1v) is 5.04. The zero-order valence-electron chi connectivity index (χ0n) is 8.29. The van der Waals surface area contributed by atoms with E-state index in [1.54, 1.807) is 0 Å². The van der Waals surface area contributed by atoms with Gasteiger partial charge in [-0.25, -0.2) is 9.78 Å². The molecule has 0 bridgehead atoms. The molecule has 0 aromatic carbocycles. The molecule has 1 aliphatic rings. The van der Waals surface area contributed by atoms with E-state index in [-0.39, 0.29) is 5.82 Å². The van der Waals surface area contributed by atoms with Crippen molar-refractivity contribution in [2.75, 3.05) is 13.7 Å². The summed E-state index contributed by atoms with van der Waals surface area (Å²) >= 11 is 5.11. The number of nitrogens with one attached hydrogen (secondary N) is 2. The normalized spacial score (nSPS) is 14.5. The van der Waals surface area contributed by atoms with E-state index in [2.05, 4.69) is 20.0 Å². The lowest BCUT2D eigenvalue weighted by molar-refractivity contribution is 0.0586. The van der Waals surface area contributed by atoms with Crippen LogP contribution in [-0.2, 0) is 17.7 Å². The molecule has 0 spiro atoms. The molecule has 15 heavy (non-hydrogen) atoms. The van der Waals surface area contributed by atoms with E-state index in [1.165, 1.54) is 7.11 Å². The summed E-state index contributed by atoms with van der Waals surface area (Å²) in [5.74, 6) is -0.300. The Bertz CT molecular complexity index is 455. The second-order valence-corrected chi connectivity index (χ2v) is 3.65. The molecule has 1 aliphatic heterocycles. The standard InChI is InChI=1S/C9H11N3O2S/c1-14-9(13)7-11-6-2-3-10-4-5(6)8(15)12-7/h10H,2-4H2,1H3,(H,11,12,15). The molecule has 0 amide bonds. The Morgan fingerprint density at radius 3 is 3.13 bits per heavy atom. The van der Waals surface area contributed by atoms with Gasteiger partial charge in [0.25, 0.3) is 0 Å². The maximum atomic E-state index is 11.3. The predicted octanol–water partition coefficient (Wildman–Crippen LogP) is 0.571. The summed E-state index contributed by atoms with van der Waals surface area (Å²) in [4.78, 5) is 18.2. The highest BCUT2D eigenvalue weighted by atomic mass is 32.1.